The molecule has 2 aliphatic rings. The van der Waals surface area contributed by atoms with Crippen LogP contribution in [0.5, 0.6) is 0 Å². The van der Waals surface area contributed by atoms with Crippen LogP contribution in [0.3, 0.4) is 0 Å². The van der Waals surface area contributed by atoms with Gasteiger partial charge in [0.15, 0.2) is 0 Å². The van der Waals surface area contributed by atoms with E-state index >= 15 is 0 Å². The summed E-state index contributed by atoms with van der Waals surface area (Å²) in [6.07, 6.45) is 1.45. The topological polar surface area (TPSA) is 65.0 Å². The molecule has 16 heavy (non-hydrogen) atoms. The zero-order valence-corrected chi connectivity index (χ0v) is 9.53. The molecule has 0 radical (unpaired) electrons. The van der Waals surface area contributed by atoms with Gasteiger partial charge in [-0.25, -0.2) is 0 Å². The smallest absolute Gasteiger partial charge is 0.317 e. The van der Waals surface area contributed by atoms with Crippen LogP contribution < -0.4 is 0 Å². The monoisotopic (exact) mass is 230 g/mol. The van der Waals surface area contributed by atoms with Crippen LogP contribution in [0.1, 0.15) is 19.3 Å². The van der Waals surface area contributed by atoms with Crippen molar-refractivity contribution < 1.29 is 24.1 Å². The molecule has 0 aromatic rings. The molecular formula is C11H18O5. The third-order valence-corrected chi connectivity index (χ3v) is 3.81. The SMILES string of the molecule is COC(=O)C1(C2(O)CCOCC2)CCOC1. The standard InChI is InChI=1S/C11H18O5/c1-14-9(12)10(2-5-16-8-10)11(13)3-6-15-7-4-11/h13H,2-8H2,1H3. The van der Waals surface area contributed by atoms with Gasteiger partial charge < -0.3 is 19.3 Å². The molecule has 1 N–H and O–H groups in total. The van der Waals surface area contributed by atoms with Crippen LogP contribution in [0.25, 0.3) is 0 Å². The Morgan fingerprint density at radius 3 is 2.31 bits per heavy atom. The van der Waals surface area contributed by atoms with Crippen LogP contribution in [0.15, 0.2) is 0 Å². The first kappa shape index (κ1) is 11.8. The molecule has 0 aromatic carbocycles. The summed E-state index contributed by atoms with van der Waals surface area (Å²) in [7, 11) is 1.35. The Morgan fingerprint density at radius 2 is 1.81 bits per heavy atom. The zero-order chi connectivity index (χ0) is 11.6. The second-order valence-electron chi connectivity index (χ2n) is 4.52. The van der Waals surface area contributed by atoms with E-state index in [2.05, 4.69) is 0 Å². The second-order valence-corrected chi connectivity index (χ2v) is 4.52. The number of carbonyl (C=O) groups excluding carboxylic acids is 1. The molecular weight excluding hydrogens is 212 g/mol. The molecule has 2 rings (SSSR count). The summed E-state index contributed by atoms with van der Waals surface area (Å²) in [5.74, 6) is -0.366. The van der Waals surface area contributed by atoms with Gasteiger partial charge in [-0.2, -0.15) is 0 Å². The molecule has 2 fully saturated rings. The van der Waals surface area contributed by atoms with Crippen LogP contribution >= 0.6 is 0 Å². The van der Waals surface area contributed by atoms with Gasteiger partial charge in [0, 0.05) is 32.7 Å². The van der Waals surface area contributed by atoms with Gasteiger partial charge in [0.1, 0.15) is 5.41 Å². The van der Waals surface area contributed by atoms with Crippen molar-refractivity contribution in [1.82, 2.24) is 0 Å². The molecule has 5 heteroatoms. The van der Waals surface area contributed by atoms with Gasteiger partial charge >= 0.3 is 5.97 Å². The van der Waals surface area contributed by atoms with Crippen LogP contribution in [-0.4, -0.2) is 50.2 Å². The maximum Gasteiger partial charge on any atom is 0.317 e. The van der Waals surface area contributed by atoms with Crippen molar-refractivity contribution in [3.8, 4) is 0 Å². The quantitative estimate of drug-likeness (QED) is 0.682. The van der Waals surface area contributed by atoms with E-state index in [1.165, 1.54) is 7.11 Å². The Morgan fingerprint density at radius 1 is 1.19 bits per heavy atom. The van der Waals surface area contributed by atoms with Crippen molar-refractivity contribution in [3.05, 3.63) is 0 Å². The fraction of sp³-hybridized carbons (Fsp3) is 0.909. The molecule has 0 spiro atoms. The van der Waals surface area contributed by atoms with Crippen LogP contribution in [0.2, 0.25) is 0 Å². The summed E-state index contributed by atoms with van der Waals surface area (Å²) in [5, 5.41) is 10.7. The lowest BCUT2D eigenvalue weighted by Gasteiger charge is -2.43. The molecule has 0 bridgehead atoms. The first-order chi connectivity index (χ1) is 7.65. The maximum atomic E-state index is 11.9. The molecule has 2 heterocycles. The number of hydrogen-bond acceptors (Lipinski definition) is 5. The first-order valence-electron chi connectivity index (χ1n) is 5.61. The molecule has 1 atom stereocenters. The summed E-state index contributed by atoms with van der Waals surface area (Å²) in [5.41, 5.74) is -1.94. The Hall–Kier alpha value is -0.650. The highest BCUT2D eigenvalue weighted by atomic mass is 16.5. The summed E-state index contributed by atoms with van der Waals surface area (Å²) < 4.78 is 15.4. The van der Waals surface area contributed by atoms with Gasteiger partial charge in [0.2, 0.25) is 0 Å². The molecule has 5 nitrogen and oxygen atoms in total. The van der Waals surface area contributed by atoms with Crippen molar-refractivity contribution >= 4 is 5.97 Å². The van der Waals surface area contributed by atoms with E-state index in [1.54, 1.807) is 0 Å². The molecule has 0 amide bonds. The minimum absolute atomic E-state index is 0.246. The summed E-state index contributed by atoms with van der Waals surface area (Å²) in [6, 6.07) is 0. The Bertz CT molecular complexity index is 264. The first-order valence-corrected chi connectivity index (χ1v) is 5.61. The van der Waals surface area contributed by atoms with Gasteiger partial charge in [0.05, 0.1) is 19.3 Å². The van der Waals surface area contributed by atoms with E-state index in [1.807, 2.05) is 0 Å². The lowest BCUT2D eigenvalue weighted by molar-refractivity contribution is -0.186. The summed E-state index contributed by atoms with van der Waals surface area (Å²) in [6.45, 7) is 1.71. The Balaban J connectivity index is 2.27. The zero-order valence-electron chi connectivity index (χ0n) is 9.53. The maximum absolute atomic E-state index is 11.9. The minimum atomic E-state index is -1.05. The van der Waals surface area contributed by atoms with Gasteiger partial charge in [-0.3, -0.25) is 4.79 Å². The average molecular weight is 230 g/mol. The number of hydrogen-bond donors (Lipinski definition) is 1. The third-order valence-electron chi connectivity index (χ3n) is 3.81. The summed E-state index contributed by atoms with van der Waals surface area (Å²) >= 11 is 0. The molecule has 0 aromatic heterocycles. The predicted molar refractivity (Wildman–Crippen MR) is 54.9 cm³/mol. The van der Waals surface area contributed by atoms with E-state index in [9.17, 15) is 9.90 Å². The van der Waals surface area contributed by atoms with Crippen LogP contribution in [0.4, 0.5) is 0 Å². The predicted octanol–water partition coefficient (Wildman–Crippen LogP) is 0.108. The Kier molecular flexibility index (Phi) is 3.19. The van der Waals surface area contributed by atoms with E-state index in [0.717, 1.165) is 0 Å². The number of esters is 1. The normalized spacial score (nSPS) is 33.6. The molecule has 1 unspecified atom stereocenters. The number of ether oxygens (including phenoxy) is 3. The molecule has 92 valence electrons. The second kappa shape index (κ2) is 4.31. The highest BCUT2D eigenvalue weighted by Gasteiger charge is 2.59. The van der Waals surface area contributed by atoms with E-state index in [0.29, 0.717) is 39.1 Å². The fourth-order valence-corrected chi connectivity index (χ4v) is 2.67. The van der Waals surface area contributed by atoms with Crippen molar-refractivity contribution in [2.45, 2.75) is 24.9 Å². The Labute approximate surface area is 94.7 Å². The molecule has 0 aliphatic carbocycles. The largest absolute Gasteiger partial charge is 0.468 e. The van der Waals surface area contributed by atoms with Crippen LogP contribution in [0, 0.1) is 5.41 Å². The third kappa shape index (κ3) is 1.63. The molecule has 2 saturated heterocycles. The number of methoxy groups -OCH3 is 1. The van der Waals surface area contributed by atoms with E-state index in [-0.39, 0.29) is 12.6 Å². The number of aliphatic hydroxyl groups is 1. The van der Waals surface area contributed by atoms with Crippen LogP contribution in [-0.2, 0) is 19.0 Å². The minimum Gasteiger partial charge on any atom is -0.468 e. The van der Waals surface area contributed by atoms with E-state index < -0.39 is 11.0 Å². The molecule has 0 saturated carbocycles. The van der Waals surface area contributed by atoms with E-state index in [4.69, 9.17) is 14.2 Å². The van der Waals surface area contributed by atoms with Gasteiger partial charge in [-0.1, -0.05) is 0 Å². The highest BCUT2D eigenvalue weighted by molar-refractivity contribution is 5.79. The lowest BCUT2D eigenvalue weighted by atomic mass is 9.67. The average Bonchev–Trinajstić information content (AvgIpc) is 2.80. The lowest BCUT2D eigenvalue weighted by Crippen LogP contribution is -2.57. The summed E-state index contributed by atoms with van der Waals surface area (Å²) in [4.78, 5) is 11.9. The highest BCUT2D eigenvalue weighted by Crippen LogP contribution is 2.45. The number of rotatable bonds is 2. The van der Waals surface area contributed by atoms with Crippen molar-refractivity contribution in [1.29, 1.82) is 0 Å². The van der Waals surface area contributed by atoms with Gasteiger partial charge in [-0.05, 0) is 6.42 Å². The van der Waals surface area contributed by atoms with Crippen molar-refractivity contribution in [2.75, 3.05) is 33.5 Å². The van der Waals surface area contributed by atoms with Crippen molar-refractivity contribution in [2.24, 2.45) is 5.41 Å². The van der Waals surface area contributed by atoms with Gasteiger partial charge in [-0.15, -0.1) is 0 Å². The molecule has 2 aliphatic heterocycles. The van der Waals surface area contributed by atoms with Gasteiger partial charge in [0.25, 0.3) is 0 Å². The fourth-order valence-electron chi connectivity index (χ4n) is 2.67. The van der Waals surface area contributed by atoms with Crippen molar-refractivity contribution in [3.63, 3.8) is 0 Å². The number of carbonyl (C=O) groups is 1.